The summed E-state index contributed by atoms with van der Waals surface area (Å²) in [5, 5.41) is 28.9. The van der Waals surface area contributed by atoms with Crippen LogP contribution in [0, 0.1) is 11.8 Å². The van der Waals surface area contributed by atoms with E-state index in [-0.39, 0.29) is 31.5 Å². The molecule has 0 aliphatic rings. The average Bonchev–Trinajstić information content (AvgIpc) is 2.94. The van der Waals surface area contributed by atoms with Crippen LogP contribution in [0.1, 0.15) is 85.6 Å². The number of alkyl carbamates (subject to hydrolysis) is 1. The fourth-order valence-corrected chi connectivity index (χ4v) is 4.56. The molecule has 0 radical (unpaired) electrons. The third kappa shape index (κ3) is 16.1. The predicted molar refractivity (Wildman–Crippen MR) is 167 cm³/mol. The van der Waals surface area contributed by atoms with Crippen LogP contribution in [0.2, 0.25) is 0 Å². The molecule has 246 valence electrons. The Morgan fingerprint density at radius 2 is 1.67 bits per heavy atom. The van der Waals surface area contributed by atoms with Gasteiger partial charge in [-0.1, -0.05) is 64.4 Å². The summed E-state index contributed by atoms with van der Waals surface area (Å²) in [6.45, 7) is 12.0. The summed E-state index contributed by atoms with van der Waals surface area (Å²) in [5.74, 6) is -0.714. The van der Waals surface area contributed by atoms with Crippen molar-refractivity contribution in [2.75, 3.05) is 19.8 Å². The number of rotatable bonds is 21. The minimum atomic E-state index is -1.17. The lowest BCUT2D eigenvalue weighted by Gasteiger charge is -2.30. The number of aliphatic hydroxyl groups excluding tert-OH is 2. The molecule has 11 nitrogen and oxygen atoms in total. The van der Waals surface area contributed by atoms with Crippen molar-refractivity contribution in [3.63, 3.8) is 0 Å². The molecule has 0 aromatic heterocycles. The molecule has 7 N–H and O–H groups in total. The van der Waals surface area contributed by atoms with E-state index >= 15 is 0 Å². The molecule has 0 saturated carbocycles. The number of hydrogen-bond donors (Lipinski definition) is 6. The Kier molecular flexibility index (Phi) is 18.1. The highest BCUT2D eigenvalue weighted by atomic mass is 16.6. The van der Waals surface area contributed by atoms with Crippen molar-refractivity contribution in [3.05, 3.63) is 35.9 Å². The molecule has 0 aliphatic carbocycles. The molecule has 1 aromatic rings. The van der Waals surface area contributed by atoms with Crippen LogP contribution < -0.4 is 21.7 Å². The lowest BCUT2D eigenvalue weighted by Crippen LogP contribution is -2.54. The van der Waals surface area contributed by atoms with Crippen molar-refractivity contribution >= 4 is 17.9 Å². The highest BCUT2D eigenvalue weighted by Gasteiger charge is 2.31. The predicted octanol–water partition coefficient (Wildman–Crippen LogP) is 3.01. The van der Waals surface area contributed by atoms with Crippen molar-refractivity contribution in [2.24, 2.45) is 17.6 Å². The maximum Gasteiger partial charge on any atom is 0.408 e. The zero-order valence-electron chi connectivity index (χ0n) is 26.9. The maximum atomic E-state index is 13.4. The van der Waals surface area contributed by atoms with Gasteiger partial charge in [-0.15, -0.1) is 0 Å². The number of carbonyl (C=O) groups is 3. The first kappa shape index (κ1) is 38.3. The second kappa shape index (κ2) is 20.3. The zero-order valence-corrected chi connectivity index (χ0v) is 26.9. The molecule has 0 saturated heterocycles. The van der Waals surface area contributed by atoms with Crippen molar-refractivity contribution in [2.45, 2.75) is 117 Å². The molecule has 0 heterocycles. The van der Waals surface area contributed by atoms with Crippen LogP contribution in [0.15, 0.2) is 30.3 Å². The second-order valence-electron chi connectivity index (χ2n) is 12.4. The molecule has 0 bridgehead atoms. The number of benzene rings is 1. The minimum absolute atomic E-state index is 0.0674. The van der Waals surface area contributed by atoms with Gasteiger partial charge >= 0.3 is 6.09 Å². The number of nitrogens with one attached hydrogen (secondary N) is 3. The molecule has 0 fully saturated rings. The third-order valence-corrected chi connectivity index (χ3v) is 7.27. The lowest BCUT2D eigenvalue weighted by molar-refractivity contribution is -0.128. The van der Waals surface area contributed by atoms with E-state index in [0.717, 1.165) is 12.0 Å². The van der Waals surface area contributed by atoms with Gasteiger partial charge in [0.15, 0.2) is 0 Å². The number of nitrogens with two attached hydrogens (primary N) is 1. The summed E-state index contributed by atoms with van der Waals surface area (Å²) in [6, 6.07) is 7.57. The Bertz CT molecular complexity index is 945. The van der Waals surface area contributed by atoms with Crippen LogP contribution in [-0.2, 0) is 25.7 Å². The molecule has 11 heteroatoms. The van der Waals surface area contributed by atoms with Gasteiger partial charge in [0.2, 0.25) is 11.8 Å². The number of aliphatic hydroxyl groups is 2. The number of carbonyl (C=O) groups excluding carboxylic acids is 3. The Labute approximate surface area is 257 Å². The third-order valence-electron chi connectivity index (χ3n) is 7.27. The summed E-state index contributed by atoms with van der Waals surface area (Å²) >= 11 is 0. The van der Waals surface area contributed by atoms with Crippen LogP contribution in [0.25, 0.3) is 0 Å². The summed E-state index contributed by atoms with van der Waals surface area (Å²) in [4.78, 5) is 39.0. The number of amides is 3. The lowest BCUT2D eigenvalue weighted by atomic mass is 9.95. The van der Waals surface area contributed by atoms with E-state index in [2.05, 4.69) is 16.0 Å². The number of hydrogen-bond acceptors (Lipinski definition) is 8. The molecule has 3 amide bonds. The quantitative estimate of drug-likeness (QED) is 0.116. The molecule has 5 atom stereocenters. The first-order chi connectivity index (χ1) is 20.3. The second-order valence-corrected chi connectivity index (χ2v) is 12.4. The smallest absolute Gasteiger partial charge is 0.408 e. The summed E-state index contributed by atoms with van der Waals surface area (Å²) in [6.07, 6.45) is 0.605. The van der Waals surface area contributed by atoms with E-state index in [9.17, 15) is 24.6 Å². The Morgan fingerprint density at radius 3 is 2.26 bits per heavy atom. The summed E-state index contributed by atoms with van der Waals surface area (Å²) in [7, 11) is 0. The Morgan fingerprint density at radius 1 is 1.00 bits per heavy atom. The monoisotopic (exact) mass is 608 g/mol. The van der Waals surface area contributed by atoms with Gasteiger partial charge in [-0.2, -0.15) is 0 Å². The van der Waals surface area contributed by atoms with E-state index in [4.69, 9.17) is 15.2 Å². The van der Waals surface area contributed by atoms with Crippen molar-refractivity contribution < 1.29 is 34.1 Å². The van der Waals surface area contributed by atoms with Gasteiger partial charge in [-0.3, -0.25) is 9.59 Å². The fraction of sp³-hybridized carbons (Fsp3) is 0.719. The Balaban J connectivity index is 2.85. The van der Waals surface area contributed by atoms with E-state index in [0.29, 0.717) is 38.8 Å². The van der Waals surface area contributed by atoms with E-state index in [1.54, 1.807) is 13.8 Å². The van der Waals surface area contributed by atoms with Gasteiger partial charge < -0.3 is 41.4 Å². The van der Waals surface area contributed by atoms with Gasteiger partial charge in [0.1, 0.15) is 11.6 Å². The summed E-state index contributed by atoms with van der Waals surface area (Å²) in [5.41, 5.74) is 5.69. The van der Waals surface area contributed by atoms with E-state index in [1.807, 2.05) is 58.0 Å². The van der Waals surface area contributed by atoms with Crippen LogP contribution in [0.4, 0.5) is 4.79 Å². The maximum absolute atomic E-state index is 13.4. The molecule has 43 heavy (non-hydrogen) atoms. The molecule has 0 aliphatic heterocycles. The van der Waals surface area contributed by atoms with Crippen LogP contribution >= 0.6 is 0 Å². The van der Waals surface area contributed by atoms with Crippen LogP contribution in [0.5, 0.6) is 0 Å². The molecule has 1 aromatic carbocycles. The molecular formula is C32H56N4O7. The van der Waals surface area contributed by atoms with Crippen molar-refractivity contribution in [1.82, 2.24) is 16.0 Å². The van der Waals surface area contributed by atoms with Crippen LogP contribution in [0.3, 0.4) is 0 Å². The largest absolute Gasteiger partial charge is 0.441 e. The van der Waals surface area contributed by atoms with Crippen molar-refractivity contribution in [3.8, 4) is 0 Å². The Hall–Kier alpha value is -2.73. The van der Waals surface area contributed by atoms with Gasteiger partial charge in [-0.05, 0) is 63.5 Å². The zero-order chi connectivity index (χ0) is 32.4. The minimum Gasteiger partial charge on any atom is -0.441 e. The van der Waals surface area contributed by atoms with Gasteiger partial charge in [0, 0.05) is 0 Å². The number of unbranched alkanes of at least 4 members (excludes halogenated alkanes) is 1. The topological polar surface area (TPSA) is 172 Å². The molecule has 0 spiro atoms. The van der Waals surface area contributed by atoms with Gasteiger partial charge in [0.05, 0.1) is 44.4 Å². The van der Waals surface area contributed by atoms with Gasteiger partial charge in [0.25, 0.3) is 0 Å². The first-order valence-corrected chi connectivity index (χ1v) is 15.5. The summed E-state index contributed by atoms with van der Waals surface area (Å²) < 4.78 is 11.3. The molecular weight excluding hydrogens is 552 g/mol. The SMILES string of the molecule is CCC(C)[C@@H](CO)NC(=O)CC(O)C(CC(C)C)NC(=O)[C@H](CCCCN)NC(=O)OC(C)(C)COCc1ccccc1. The standard InChI is InChI=1S/C32H56N4O7/c1-7-23(4)27(19-37)34-29(39)18-28(38)26(17-22(2)3)35-30(40)25(15-11-12-16-33)36-31(41)43-32(5,6)21-42-20-24-13-9-8-10-14-24/h8-10,13-14,22-23,25-28,37-38H,7,11-12,15-21,33H2,1-6H3,(H,34,39)(H,35,40)(H,36,41)/t23?,25-,26?,27+,28?/m0/s1. The van der Waals surface area contributed by atoms with Crippen molar-refractivity contribution in [1.29, 1.82) is 0 Å². The van der Waals surface area contributed by atoms with Gasteiger partial charge in [-0.25, -0.2) is 4.79 Å². The van der Waals surface area contributed by atoms with E-state index < -0.39 is 47.7 Å². The highest BCUT2D eigenvalue weighted by Crippen LogP contribution is 2.15. The van der Waals surface area contributed by atoms with Crippen LogP contribution in [-0.4, -0.2) is 77.7 Å². The van der Waals surface area contributed by atoms with E-state index in [1.165, 1.54) is 0 Å². The molecule has 3 unspecified atom stereocenters. The average molecular weight is 609 g/mol. The normalized spacial score (nSPS) is 15.2. The molecule has 1 rings (SSSR count). The fourth-order valence-electron chi connectivity index (χ4n) is 4.56. The highest BCUT2D eigenvalue weighted by molar-refractivity contribution is 5.86. The number of ether oxygens (including phenoxy) is 2. The first-order valence-electron chi connectivity index (χ1n) is 15.5.